The molecule has 0 radical (unpaired) electrons. The number of aromatic nitrogens is 1. The van der Waals surface area contributed by atoms with Crippen molar-refractivity contribution in [1.29, 1.82) is 0 Å². The van der Waals surface area contributed by atoms with E-state index in [-0.39, 0.29) is 11.3 Å². The Morgan fingerprint density at radius 3 is 2.64 bits per heavy atom. The number of rotatable bonds is 8. The number of furan rings is 1. The summed E-state index contributed by atoms with van der Waals surface area (Å²) in [4.78, 5) is 34.1. The monoisotopic (exact) mass is 602 g/mol. The highest BCUT2D eigenvalue weighted by molar-refractivity contribution is 7.22. The van der Waals surface area contributed by atoms with Crippen LogP contribution >= 0.6 is 11.3 Å². The number of carbonyl (C=O) groups excluding carboxylic acids is 2. The van der Waals surface area contributed by atoms with E-state index in [0.29, 0.717) is 45.3 Å². The molecule has 0 saturated carbocycles. The molecule has 3 heterocycles. The van der Waals surface area contributed by atoms with Gasteiger partial charge in [0.1, 0.15) is 12.4 Å². The average molecular weight is 603 g/mol. The third-order valence-electron chi connectivity index (χ3n) is 7.57. The predicted octanol–water partition coefficient (Wildman–Crippen LogP) is 7.72. The van der Waals surface area contributed by atoms with Gasteiger partial charge in [-0.2, -0.15) is 0 Å². The number of thiazole rings is 1. The number of carbonyl (C=O) groups is 2. The van der Waals surface area contributed by atoms with Gasteiger partial charge < -0.3 is 19.0 Å². The summed E-state index contributed by atoms with van der Waals surface area (Å²) in [5.74, 6) is -1.01. The first kappa shape index (κ1) is 27.4. The fourth-order valence-electron chi connectivity index (χ4n) is 5.43. The molecule has 9 heteroatoms. The van der Waals surface area contributed by atoms with E-state index in [1.165, 1.54) is 23.3 Å². The van der Waals surface area contributed by atoms with Gasteiger partial charge in [-0.1, -0.05) is 72.0 Å². The molecule has 0 saturated heterocycles. The van der Waals surface area contributed by atoms with Crippen molar-refractivity contribution in [3.05, 3.63) is 131 Å². The second kappa shape index (κ2) is 11.0. The van der Waals surface area contributed by atoms with Gasteiger partial charge in [0, 0.05) is 5.39 Å². The molecule has 7 rings (SSSR count). The van der Waals surface area contributed by atoms with Crippen LogP contribution in [0.5, 0.6) is 11.5 Å². The topological polar surface area (TPSA) is 102 Å². The minimum Gasteiger partial charge on any atom is -0.503 e. The Morgan fingerprint density at radius 2 is 1.82 bits per heavy atom. The van der Waals surface area contributed by atoms with Crippen LogP contribution < -0.4 is 14.4 Å². The SMILES string of the molecule is COc1cccc2cc(C(=O)C3=C(O)C(=O)N(c4nc5ccc(C)cc5s4)C3c3cccc(OCc4ccccc4)c3)oc12. The Morgan fingerprint density at radius 1 is 1.00 bits per heavy atom. The Labute approximate surface area is 256 Å². The number of aliphatic hydroxyl groups excluding tert-OH is 1. The van der Waals surface area contributed by atoms with Crippen LogP contribution in [0.3, 0.4) is 0 Å². The standard InChI is InChI=1S/C35H26N2O6S/c1-20-14-15-25-28(16-20)44-35(36-25)37-30(22-10-6-12-24(17-22)42-19-21-8-4-3-5-9-21)29(32(39)34(37)40)31(38)27-18-23-11-7-13-26(41-2)33(23)43-27/h3-18,30,39H,19H2,1-2H3. The highest BCUT2D eigenvalue weighted by Crippen LogP contribution is 2.45. The van der Waals surface area contributed by atoms with Crippen molar-refractivity contribution >= 4 is 49.3 Å². The average Bonchev–Trinajstić information content (AvgIpc) is 3.74. The number of aliphatic hydroxyl groups is 1. The Bertz CT molecular complexity index is 2090. The van der Waals surface area contributed by atoms with Gasteiger partial charge in [-0.3, -0.25) is 14.5 Å². The van der Waals surface area contributed by atoms with E-state index >= 15 is 0 Å². The summed E-state index contributed by atoms with van der Waals surface area (Å²) < 4.78 is 18.3. The molecule has 0 fully saturated rings. The lowest BCUT2D eigenvalue weighted by Gasteiger charge is -2.24. The summed E-state index contributed by atoms with van der Waals surface area (Å²) in [6, 6.07) is 28.7. The first-order chi connectivity index (χ1) is 21.4. The molecular formula is C35H26N2O6S. The van der Waals surface area contributed by atoms with Crippen LogP contribution in [0.15, 0.2) is 113 Å². The molecule has 0 bridgehead atoms. The molecule has 1 N–H and O–H groups in total. The lowest BCUT2D eigenvalue weighted by Crippen LogP contribution is -2.31. The number of benzene rings is 4. The quantitative estimate of drug-likeness (QED) is 0.178. The van der Waals surface area contributed by atoms with Crippen LogP contribution in [-0.2, 0) is 11.4 Å². The molecule has 8 nitrogen and oxygen atoms in total. The van der Waals surface area contributed by atoms with Crippen molar-refractivity contribution in [2.24, 2.45) is 0 Å². The fraction of sp³-hybridized carbons (Fsp3) is 0.114. The molecule has 1 amide bonds. The van der Waals surface area contributed by atoms with Gasteiger partial charge in [0.25, 0.3) is 5.91 Å². The van der Waals surface area contributed by atoms with Crippen molar-refractivity contribution in [1.82, 2.24) is 4.98 Å². The number of nitrogens with zero attached hydrogens (tertiary/aromatic N) is 2. The van der Waals surface area contributed by atoms with Crippen molar-refractivity contribution in [3.63, 3.8) is 0 Å². The van der Waals surface area contributed by atoms with Gasteiger partial charge in [0.05, 0.1) is 28.9 Å². The number of Topliss-reactive ketones (excluding diaryl/α,β-unsaturated/α-hetero) is 1. The molecule has 4 aromatic carbocycles. The van der Waals surface area contributed by atoms with Crippen LogP contribution in [0.25, 0.3) is 21.2 Å². The lowest BCUT2D eigenvalue weighted by atomic mass is 9.95. The van der Waals surface area contributed by atoms with E-state index in [1.54, 1.807) is 42.5 Å². The molecule has 0 spiro atoms. The van der Waals surface area contributed by atoms with Gasteiger partial charge >= 0.3 is 0 Å². The molecule has 2 aromatic heterocycles. The lowest BCUT2D eigenvalue weighted by molar-refractivity contribution is -0.117. The Kier molecular flexibility index (Phi) is 6.87. The van der Waals surface area contributed by atoms with Gasteiger partial charge in [-0.25, -0.2) is 4.98 Å². The molecule has 0 aliphatic carbocycles. The molecule has 1 unspecified atom stereocenters. The van der Waals surface area contributed by atoms with Crippen molar-refractivity contribution in [3.8, 4) is 11.5 Å². The highest BCUT2D eigenvalue weighted by Gasteiger charge is 2.46. The molecule has 44 heavy (non-hydrogen) atoms. The van der Waals surface area contributed by atoms with E-state index in [9.17, 15) is 14.7 Å². The third-order valence-corrected chi connectivity index (χ3v) is 8.58. The molecule has 218 valence electrons. The predicted molar refractivity (Wildman–Crippen MR) is 169 cm³/mol. The summed E-state index contributed by atoms with van der Waals surface area (Å²) in [5, 5.41) is 12.3. The number of hydrogen-bond acceptors (Lipinski definition) is 8. The highest BCUT2D eigenvalue weighted by atomic mass is 32.1. The number of hydrogen-bond donors (Lipinski definition) is 1. The van der Waals surface area contributed by atoms with Crippen molar-refractivity contribution in [2.75, 3.05) is 12.0 Å². The first-order valence-electron chi connectivity index (χ1n) is 13.9. The van der Waals surface area contributed by atoms with E-state index in [4.69, 9.17) is 18.9 Å². The minimum absolute atomic E-state index is 0.0258. The number of amides is 1. The largest absolute Gasteiger partial charge is 0.503 e. The van der Waals surface area contributed by atoms with Crippen LogP contribution in [0.4, 0.5) is 5.13 Å². The second-order valence-corrected chi connectivity index (χ2v) is 11.5. The number of fused-ring (bicyclic) bond motifs is 2. The van der Waals surface area contributed by atoms with Crippen LogP contribution in [0, 0.1) is 6.92 Å². The van der Waals surface area contributed by atoms with Gasteiger partial charge in [0.2, 0.25) is 5.78 Å². The van der Waals surface area contributed by atoms with Crippen LogP contribution in [0.1, 0.15) is 33.3 Å². The number of anilines is 1. The third kappa shape index (κ3) is 4.77. The fourth-order valence-corrected chi connectivity index (χ4v) is 6.52. The maximum absolute atomic E-state index is 14.2. The Hall–Kier alpha value is -5.41. The molecular weight excluding hydrogens is 576 g/mol. The number of ether oxygens (including phenoxy) is 2. The molecule has 6 aromatic rings. The van der Waals surface area contributed by atoms with Crippen molar-refractivity contribution < 1.29 is 28.6 Å². The first-order valence-corrected chi connectivity index (χ1v) is 14.7. The van der Waals surface area contributed by atoms with Gasteiger partial charge in [-0.05, 0) is 60.0 Å². The number of para-hydroxylation sites is 1. The normalized spacial score (nSPS) is 15.0. The molecule has 1 atom stereocenters. The van der Waals surface area contributed by atoms with Gasteiger partial charge in [-0.15, -0.1) is 0 Å². The second-order valence-electron chi connectivity index (χ2n) is 10.5. The summed E-state index contributed by atoms with van der Waals surface area (Å²) in [6.07, 6.45) is 0. The Balaban J connectivity index is 1.33. The zero-order valence-corrected chi connectivity index (χ0v) is 24.6. The van der Waals surface area contributed by atoms with E-state index < -0.39 is 23.5 Å². The maximum Gasteiger partial charge on any atom is 0.296 e. The molecule has 1 aliphatic heterocycles. The summed E-state index contributed by atoms with van der Waals surface area (Å²) in [7, 11) is 1.52. The van der Waals surface area contributed by atoms with E-state index in [2.05, 4.69) is 0 Å². The number of aryl methyl sites for hydroxylation is 1. The summed E-state index contributed by atoms with van der Waals surface area (Å²) >= 11 is 1.32. The van der Waals surface area contributed by atoms with E-state index in [0.717, 1.165) is 15.8 Å². The molecule has 1 aliphatic rings. The zero-order chi connectivity index (χ0) is 30.4. The van der Waals surface area contributed by atoms with Gasteiger partial charge in [0.15, 0.2) is 28.0 Å². The van der Waals surface area contributed by atoms with Crippen LogP contribution in [0.2, 0.25) is 0 Å². The summed E-state index contributed by atoms with van der Waals surface area (Å²) in [5.41, 5.74) is 3.62. The minimum atomic E-state index is -0.993. The summed E-state index contributed by atoms with van der Waals surface area (Å²) in [6.45, 7) is 2.32. The van der Waals surface area contributed by atoms with Crippen molar-refractivity contribution in [2.45, 2.75) is 19.6 Å². The number of ketones is 1. The van der Waals surface area contributed by atoms with E-state index in [1.807, 2.05) is 61.5 Å². The number of methoxy groups -OCH3 is 1. The smallest absolute Gasteiger partial charge is 0.296 e. The van der Waals surface area contributed by atoms with Crippen LogP contribution in [-0.4, -0.2) is 28.9 Å². The maximum atomic E-state index is 14.2. The zero-order valence-electron chi connectivity index (χ0n) is 23.8.